The summed E-state index contributed by atoms with van der Waals surface area (Å²) >= 11 is 0. The number of aromatic nitrogens is 4. The molecule has 0 aliphatic carbocycles. The number of fused-ring (bicyclic) bond motifs is 2. The van der Waals surface area contributed by atoms with Gasteiger partial charge in [-0.1, -0.05) is 0 Å². The van der Waals surface area contributed by atoms with E-state index in [-0.39, 0.29) is 30.2 Å². The van der Waals surface area contributed by atoms with Crippen LogP contribution in [0, 0.1) is 0 Å². The Balaban J connectivity index is 1.56. The molecule has 4 rings (SSSR count). The molecule has 2 aromatic heterocycles. The number of hydrogen-bond acceptors (Lipinski definition) is 13. The lowest BCUT2D eigenvalue weighted by Crippen LogP contribution is -2.47. The Hall–Kier alpha value is -2.35. The van der Waals surface area contributed by atoms with E-state index in [4.69, 9.17) is 33.5 Å². The van der Waals surface area contributed by atoms with Gasteiger partial charge in [-0.3, -0.25) is 18.1 Å². The average molecular weight is 473 g/mol. The zero-order chi connectivity index (χ0) is 23.3. The molecule has 2 aromatic rings. The molecule has 2 aliphatic rings. The molecule has 32 heavy (non-hydrogen) atoms. The molecular formula is C17H24N5O9P. The lowest BCUT2D eigenvalue weighted by atomic mass is 9.96. The van der Waals surface area contributed by atoms with Gasteiger partial charge in [0.25, 0.3) is 0 Å². The predicted octanol–water partition coefficient (Wildman–Crippen LogP) is 0.557. The molecule has 0 spiro atoms. The minimum Gasteiger partial charge on any atom is -0.479 e. The van der Waals surface area contributed by atoms with Gasteiger partial charge in [0.1, 0.15) is 17.8 Å². The van der Waals surface area contributed by atoms with Crippen LogP contribution in [0.2, 0.25) is 0 Å². The van der Waals surface area contributed by atoms with Gasteiger partial charge in [-0.2, -0.15) is 9.97 Å². The first-order chi connectivity index (χ1) is 15.0. The van der Waals surface area contributed by atoms with Crippen LogP contribution in [0.3, 0.4) is 0 Å². The molecule has 4 heterocycles. The van der Waals surface area contributed by atoms with Crippen molar-refractivity contribution in [1.82, 2.24) is 19.5 Å². The van der Waals surface area contributed by atoms with Crippen LogP contribution >= 0.6 is 7.82 Å². The number of esters is 1. The summed E-state index contributed by atoms with van der Waals surface area (Å²) in [4.78, 5) is 24.1. The average Bonchev–Trinajstić information content (AvgIpc) is 3.23. The largest absolute Gasteiger partial charge is 0.479 e. The molecule has 2 saturated heterocycles. The van der Waals surface area contributed by atoms with E-state index in [1.54, 1.807) is 13.8 Å². The van der Waals surface area contributed by atoms with Crippen molar-refractivity contribution in [1.29, 1.82) is 0 Å². The van der Waals surface area contributed by atoms with Crippen LogP contribution in [0.5, 0.6) is 5.88 Å². The number of rotatable bonds is 6. The third kappa shape index (κ3) is 4.05. The molecule has 0 amide bonds. The van der Waals surface area contributed by atoms with Gasteiger partial charge in [0.15, 0.2) is 24.0 Å². The van der Waals surface area contributed by atoms with Crippen molar-refractivity contribution in [2.45, 2.75) is 50.9 Å². The van der Waals surface area contributed by atoms with Crippen molar-refractivity contribution in [2.24, 2.45) is 0 Å². The maximum Gasteiger partial charge on any atom is 0.475 e. The van der Waals surface area contributed by atoms with Gasteiger partial charge in [0, 0.05) is 0 Å². The molecule has 0 radical (unpaired) electrons. The predicted molar refractivity (Wildman–Crippen MR) is 106 cm³/mol. The summed E-state index contributed by atoms with van der Waals surface area (Å²) in [5.41, 5.74) is 4.61. The second-order valence-electron chi connectivity index (χ2n) is 7.75. The molecular weight excluding hydrogens is 449 g/mol. The number of anilines is 1. The Morgan fingerprint density at radius 3 is 2.91 bits per heavy atom. The van der Waals surface area contributed by atoms with E-state index in [9.17, 15) is 14.5 Å². The summed E-state index contributed by atoms with van der Waals surface area (Å²) in [5, 5.41) is 11.3. The Morgan fingerprint density at radius 1 is 1.47 bits per heavy atom. The number of nitrogens with zero attached hydrogens (tertiary/aromatic N) is 4. The smallest absolute Gasteiger partial charge is 0.475 e. The monoisotopic (exact) mass is 473 g/mol. The van der Waals surface area contributed by atoms with Gasteiger partial charge in [0.05, 0.1) is 26.1 Å². The van der Waals surface area contributed by atoms with Crippen molar-refractivity contribution in [3.8, 4) is 5.88 Å². The number of phosphoric ester groups is 1. The first-order valence-electron chi connectivity index (χ1n) is 9.73. The van der Waals surface area contributed by atoms with Crippen LogP contribution in [0.1, 0.15) is 27.0 Å². The third-order valence-electron chi connectivity index (χ3n) is 4.92. The molecule has 2 fully saturated rings. The molecule has 0 bridgehead atoms. The van der Waals surface area contributed by atoms with Gasteiger partial charge in [0.2, 0.25) is 11.8 Å². The van der Waals surface area contributed by atoms with Gasteiger partial charge in [-0.05, 0) is 20.8 Å². The van der Waals surface area contributed by atoms with Crippen molar-refractivity contribution in [3.05, 3.63) is 6.33 Å². The fourth-order valence-electron chi connectivity index (χ4n) is 3.59. The first kappa shape index (κ1) is 22.8. The number of imidazole rings is 1. The van der Waals surface area contributed by atoms with Crippen LogP contribution in [-0.4, -0.2) is 74.8 Å². The van der Waals surface area contributed by atoms with E-state index >= 15 is 0 Å². The van der Waals surface area contributed by atoms with E-state index in [1.165, 1.54) is 24.9 Å². The quantitative estimate of drug-likeness (QED) is 0.439. The third-order valence-corrected chi connectivity index (χ3v) is 6.31. The number of aliphatic hydroxyl groups is 1. The van der Waals surface area contributed by atoms with E-state index in [1.807, 2.05) is 0 Å². The number of nitrogens with two attached hydrogens (primary N) is 1. The summed E-state index contributed by atoms with van der Waals surface area (Å²) in [6, 6.07) is 0. The molecule has 0 saturated carbocycles. The molecule has 176 valence electrons. The molecule has 0 aromatic carbocycles. The lowest BCUT2D eigenvalue weighted by Gasteiger charge is -2.34. The molecule has 14 nitrogen and oxygen atoms in total. The summed E-state index contributed by atoms with van der Waals surface area (Å²) < 4.78 is 46.1. The van der Waals surface area contributed by atoms with Crippen LogP contribution in [0.15, 0.2) is 6.33 Å². The Bertz CT molecular complexity index is 1070. The van der Waals surface area contributed by atoms with Gasteiger partial charge >= 0.3 is 13.8 Å². The molecule has 3 N–H and O–H groups in total. The van der Waals surface area contributed by atoms with Crippen LogP contribution in [0.25, 0.3) is 11.2 Å². The number of nitrogen functional groups attached to an aromatic ring is 1. The van der Waals surface area contributed by atoms with Crippen LogP contribution < -0.4 is 10.5 Å². The van der Waals surface area contributed by atoms with E-state index < -0.39 is 44.4 Å². The fraction of sp³-hybridized carbons (Fsp3) is 0.647. The van der Waals surface area contributed by atoms with E-state index in [0.29, 0.717) is 5.52 Å². The molecule has 0 unspecified atom stereocenters. The number of carbonyl (C=O) groups is 1. The Labute approximate surface area is 182 Å². The number of carbonyl (C=O) groups excluding carboxylic acids is 1. The minimum absolute atomic E-state index is 0.0584. The summed E-state index contributed by atoms with van der Waals surface area (Å²) in [6.45, 7) is 3.93. The number of phosphoric acid groups is 1. The molecule has 5 atom stereocenters. The number of methoxy groups -OCH3 is 1. The second-order valence-corrected chi connectivity index (χ2v) is 9.37. The van der Waals surface area contributed by atoms with Gasteiger partial charge in [-0.25, -0.2) is 14.3 Å². The van der Waals surface area contributed by atoms with Gasteiger partial charge in [-0.15, -0.1) is 0 Å². The van der Waals surface area contributed by atoms with Crippen LogP contribution in [0.4, 0.5) is 5.95 Å². The topological polar surface area (TPSA) is 179 Å². The highest BCUT2D eigenvalue weighted by Gasteiger charge is 2.60. The highest BCUT2D eigenvalue weighted by molar-refractivity contribution is 7.48. The van der Waals surface area contributed by atoms with Crippen molar-refractivity contribution in [3.63, 3.8) is 0 Å². The maximum absolute atomic E-state index is 12.9. The molecule has 2 aliphatic heterocycles. The highest BCUT2D eigenvalue weighted by Crippen LogP contribution is 2.58. The summed E-state index contributed by atoms with van der Waals surface area (Å²) in [7, 11) is -2.75. The minimum atomic E-state index is -4.16. The van der Waals surface area contributed by atoms with Crippen molar-refractivity contribution < 1.29 is 42.2 Å². The Morgan fingerprint density at radius 2 is 2.22 bits per heavy atom. The zero-order valence-electron chi connectivity index (χ0n) is 17.8. The number of ether oxygens (including phenoxy) is 3. The second kappa shape index (κ2) is 8.21. The number of hydrogen-bond donors (Lipinski definition) is 2. The van der Waals surface area contributed by atoms with E-state index in [0.717, 1.165) is 0 Å². The maximum atomic E-state index is 12.9. The van der Waals surface area contributed by atoms with Crippen molar-refractivity contribution >= 4 is 30.9 Å². The van der Waals surface area contributed by atoms with E-state index in [2.05, 4.69) is 15.0 Å². The normalized spacial score (nSPS) is 32.2. The summed E-state index contributed by atoms with van der Waals surface area (Å²) in [6.07, 6.45) is -1.93. The molecule has 15 heteroatoms. The fourth-order valence-corrected chi connectivity index (χ4v) is 5.01. The summed E-state index contributed by atoms with van der Waals surface area (Å²) in [5.74, 6) is -0.628. The first-order valence-corrected chi connectivity index (χ1v) is 11.2. The zero-order valence-corrected chi connectivity index (χ0v) is 18.7. The standard InChI is InChI=1S/C17H24N5O9P/c1-8(2)29-10(23)6-28-32(25)27-5-9-12(31-32)17(3,24)15(30-9)22-7-19-11-13(22)20-16(18)21-14(11)26-4/h7-9,12,15,24H,5-6H2,1-4H3,(H2,18,20,21)/t9-,12-,15-,17-,32-/m1/s1. The Kier molecular flexibility index (Phi) is 5.86. The van der Waals surface area contributed by atoms with Gasteiger partial charge < -0.3 is 25.1 Å². The lowest BCUT2D eigenvalue weighted by molar-refractivity contribution is -0.151. The van der Waals surface area contributed by atoms with Crippen molar-refractivity contribution in [2.75, 3.05) is 26.1 Å². The van der Waals surface area contributed by atoms with Crippen LogP contribution in [-0.2, 0) is 32.4 Å². The highest BCUT2D eigenvalue weighted by atomic mass is 31.2. The SMILES string of the molecule is COc1nc(N)nc2c1ncn2[C@@H]1O[C@@H]2CO[P@](=O)(OCC(=O)OC(C)C)O[C@H]2[C@@]1(C)O.